The monoisotopic (exact) mass is 265 g/mol. The smallest absolute Gasteiger partial charge is 0.410 e. The molecule has 1 aliphatic rings. The van der Waals surface area contributed by atoms with Gasteiger partial charge in [0.2, 0.25) is 0 Å². The summed E-state index contributed by atoms with van der Waals surface area (Å²) >= 11 is 0. The van der Waals surface area contributed by atoms with E-state index in [2.05, 4.69) is 36.1 Å². The van der Waals surface area contributed by atoms with Gasteiger partial charge in [-0.15, -0.1) is 0 Å². The van der Waals surface area contributed by atoms with Crippen molar-refractivity contribution in [3.05, 3.63) is 23.5 Å². The van der Waals surface area contributed by atoms with Crippen LogP contribution in [0, 0.1) is 13.8 Å². The minimum Gasteiger partial charge on any atom is -0.444 e. The van der Waals surface area contributed by atoms with Gasteiger partial charge in [0.15, 0.2) is 0 Å². The maximum Gasteiger partial charge on any atom is 0.410 e. The molecule has 106 valence electrons. The Hall–Kier alpha value is -1.65. The van der Waals surface area contributed by atoms with Crippen LogP contribution in [0.2, 0.25) is 0 Å². The molecule has 1 aliphatic heterocycles. The number of ether oxygens (including phenoxy) is 1. The molecule has 1 amide bonds. The van der Waals surface area contributed by atoms with Gasteiger partial charge >= 0.3 is 6.09 Å². The molecule has 0 bridgehead atoms. The van der Waals surface area contributed by atoms with Crippen molar-refractivity contribution >= 4 is 6.09 Å². The molecule has 2 heterocycles. The van der Waals surface area contributed by atoms with Gasteiger partial charge in [-0.25, -0.2) is 4.79 Å². The van der Waals surface area contributed by atoms with Crippen molar-refractivity contribution in [2.24, 2.45) is 0 Å². The lowest BCUT2D eigenvalue weighted by Crippen LogP contribution is -2.59. The summed E-state index contributed by atoms with van der Waals surface area (Å²) in [7, 11) is 0. The normalized spacial score (nSPS) is 16.2. The summed E-state index contributed by atoms with van der Waals surface area (Å²) in [5.74, 6) is 0. The summed E-state index contributed by atoms with van der Waals surface area (Å²) in [5, 5.41) is 0. The largest absolute Gasteiger partial charge is 0.444 e. The highest BCUT2D eigenvalue weighted by molar-refractivity contribution is 5.69. The van der Waals surface area contributed by atoms with Crippen LogP contribution in [0.4, 0.5) is 4.79 Å². The first-order valence-electron chi connectivity index (χ1n) is 6.66. The number of carbonyl (C=O) groups is 1. The van der Waals surface area contributed by atoms with E-state index in [0.717, 1.165) is 0 Å². The zero-order valence-corrected chi connectivity index (χ0v) is 12.4. The van der Waals surface area contributed by atoms with Crippen LogP contribution in [0.3, 0.4) is 0 Å². The summed E-state index contributed by atoms with van der Waals surface area (Å²) in [6, 6.07) is 4.44. The Morgan fingerprint density at radius 2 is 1.79 bits per heavy atom. The van der Waals surface area contributed by atoms with Crippen LogP contribution >= 0.6 is 0 Å². The molecule has 1 saturated heterocycles. The fourth-order valence-corrected chi connectivity index (χ4v) is 2.09. The zero-order chi connectivity index (χ0) is 14.2. The highest BCUT2D eigenvalue weighted by Gasteiger charge is 2.34. The van der Waals surface area contributed by atoms with E-state index in [1.54, 1.807) is 4.90 Å². The Kier molecular flexibility index (Phi) is 3.47. The van der Waals surface area contributed by atoms with Crippen molar-refractivity contribution in [2.45, 2.75) is 46.3 Å². The predicted molar refractivity (Wildman–Crippen MR) is 74.9 cm³/mol. The number of nitrogens with zero attached hydrogens (tertiary/aromatic N) is 2. The van der Waals surface area contributed by atoms with Crippen LogP contribution in [0.15, 0.2) is 12.1 Å². The molecule has 0 saturated carbocycles. The van der Waals surface area contributed by atoms with Gasteiger partial charge < -0.3 is 15.1 Å². The highest BCUT2D eigenvalue weighted by Crippen LogP contribution is 2.16. The maximum atomic E-state index is 11.8. The van der Waals surface area contributed by atoms with Gasteiger partial charge in [0.1, 0.15) is 5.60 Å². The number of likely N-dealkylation sites (tertiary alicyclic amines) is 1. The van der Waals surface area contributed by atoms with Crippen LogP contribution in [0.25, 0.3) is 0 Å². The van der Waals surface area contributed by atoms with Gasteiger partial charge in [-0.3, -0.25) is 4.68 Å². The number of hydrogen-bond donors (Lipinski definition) is 1. The molecular formula is C14H23N3O2. The van der Waals surface area contributed by atoms with Gasteiger partial charge in [0, 0.05) is 24.5 Å². The average molecular weight is 265 g/mol. The minimum atomic E-state index is -0.427. The predicted octanol–water partition coefficient (Wildman–Crippen LogP) is 2.27. The first-order valence-corrected chi connectivity index (χ1v) is 6.66. The standard InChI is InChI=1S/C14H23N3O2/c1-10-6-7-11(2)17(10)15-12-8-16(9-12)13(18)19-14(3,4)5/h6-7,12,15H,8-9H2,1-5H3. The van der Waals surface area contributed by atoms with E-state index >= 15 is 0 Å². The number of carbonyl (C=O) groups excluding carboxylic acids is 1. The van der Waals surface area contributed by atoms with Crippen LogP contribution in [0.5, 0.6) is 0 Å². The number of aromatic nitrogens is 1. The van der Waals surface area contributed by atoms with Crippen molar-refractivity contribution in [2.75, 3.05) is 18.5 Å². The third-order valence-electron chi connectivity index (χ3n) is 3.12. The summed E-state index contributed by atoms with van der Waals surface area (Å²) < 4.78 is 7.39. The summed E-state index contributed by atoms with van der Waals surface area (Å²) in [5.41, 5.74) is 5.33. The van der Waals surface area contributed by atoms with Gasteiger partial charge in [-0.05, 0) is 46.8 Å². The molecule has 2 rings (SSSR count). The lowest BCUT2D eigenvalue weighted by Gasteiger charge is -2.40. The molecule has 19 heavy (non-hydrogen) atoms. The molecule has 0 radical (unpaired) electrons. The van der Waals surface area contributed by atoms with Crippen molar-refractivity contribution < 1.29 is 9.53 Å². The molecule has 5 nitrogen and oxygen atoms in total. The Morgan fingerprint density at radius 1 is 1.26 bits per heavy atom. The third kappa shape index (κ3) is 3.22. The van der Waals surface area contributed by atoms with E-state index in [1.807, 2.05) is 20.8 Å². The second-order valence-corrected chi connectivity index (χ2v) is 6.16. The number of nitrogens with one attached hydrogen (secondary N) is 1. The zero-order valence-electron chi connectivity index (χ0n) is 12.4. The third-order valence-corrected chi connectivity index (χ3v) is 3.12. The highest BCUT2D eigenvalue weighted by atomic mass is 16.6. The quantitative estimate of drug-likeness (QED) is 0.892. The molecule has 1 aromatic heterocycles. The summed E-state index contributed by atoms with van der Waals surface area (Å²) in [4.78, 5) is 13.5. The van der Waals surface area contributed by atoms with Gasteiger partial charge in [-0.2, -0.15) is 0 Å². The summed E-state index contributed by atoms with van der Waals surface area (Å²) in [6.45, 7) is 11.1. The van der Waals surface area contributed by atoms with Gasteiger partial charge in [-0.1, -0.05) is 0 Å². The summed E-state index contributed by atoms with van der Waals surface area (Å²) in [6.07, 6.45) is -0.230. The van der Waals surface area contributed by atoms with E-state index in [0.29, 0.717) is 13.1 Å². The van der Waals surface area contributed by atoms with Gasteiger partial charge in [0.25, 0.3) is 0 Å². The number of hydrogen-bond acceptors (Lipinski definition) is 3. The van der Waals surface area contributed by atoms with Crippen LogP contribution < -0.4 is 5.43 Å². The molecule has 0 spiro atoms. The SMILES string of the molecule is Cc1ccc(C)n1NC1CN(C(=O)OC(C)(C)C)C1. The molecule has 5 heteroatoms. The van der Waals surface area contributed by atoms with Crippen LogP contribution in [-0.2, 0) is 4.74 Å². The Balaban J connectivity index is 1.82. The number of amides is 1. The van der Waals surface area contributed by atoms with Crippen LogP contribution in [0.1, 0.15) is 32.2 Å². The lowest BCUT2D eigenvalue weighted by atomic mass is 10.1. The molecule has 0 aromatic carbocycles. The molecule has 0 aliphatic carbocycles. The van der Waals surface area contributed by atoms with Crippen LogP contribution in [-0.4, -0.2) is 40.4 Å². The minimum absolute atomic E-state index is 0.230. The Morgan fingerprint density at radius 3 is 2.26 bits per heavy atom. The molecular weight excluding hydrogens is 242 g/mol. The molecule has 0 atom stereocenters. The molecule has 1 aromatic rings. The van der Waals surface area contributed by atoms with E-state index < -0.39 is 5.60 Å². The molecule has 0 unspecified atom stereocenters. The molecule has 1 N–H and O–H groups in total. The second kappa shape index (κ2) is 4.79. The van der Waals surface area contributed by atoms with E-state index in [9.17, 15) is 4.79 Å². The van der Waals surface area contributed by atoms with Gasteiger partial charge in [0.05, 0.1) is 6.04 Å². The fourth-order valence-electron chi connectivity index (χ4n) is 2.09. The van der Waals surface area contributed by atoms with Crippen molar-refractivity contribution in [3.63, 3.8) is 0 Å². The van der Waals surface area contributed by atoms with E-state index in [4.69, 9.17) is 4.74 Å². The fraction of sp³-hybridized carbons (Fsp3) is 0.643. The van der Waals surface area contributed by atoms with Crippen molar-refractivity contribution in [3.8, 4) is 0 Å². The number of rotatable bonds is 2. The second-order valence-electron chi connectivity index (χ2n) is 6.16. The van der Waals surface area contributed by atoms with Crippen molar-refractivity contribution in [1.29, 1.82) is 0 Å². The first kappa shape index (κ1) is 13.8. The first-order chi connectivity index (χ1) is 8.76. The van der Waals surface area contributed by atoms with E-state index in [1.165, 1.54) is 11.4 Å². The average Bonchev–Trinajstić information content (AvgIpc) is 2.50. The number of aryl methyl sites for hydroxylation is 2. The topological polar surface area (TPSA) is 46.5 Å². The lowest BCUT2D eigenvalue weighted by molar-refractivity contribution is 0.00956. The Bertz CT molecular complexity index is 448. The maximum absolute atomic E-state index is 11.8. The van der Waals surface area contributed by atoms with E-state index in [-0.39, 0.29) is 12.1 Å². The Labute approximate surface area is 114 Å². The van der Waals surface area contributed by atoms with Crippen molar-refractivity contribution in [1.82, 2.24) is 9.58 Å². The molecule has 1 fully saturated rings.